The van der Waals surface area contributed by atoms with E-state index in [9.17, 15) is 10.1 Å². The maximum atomic E-state index is 12.9. The number of carbonyl (C=O) groups excluding carboxylic acids is 1. The number of carbonyl (C=O) groups is 1. The zero-order valence-electron chi connectivity index (χ0n) is 21.0. The number of nitrogens with two attached hydrogens (primary N) is 2. The van der Waals surface area contributed by atoms with Crippen molar-refractivity contribution in [1.82, 2.24) is 24.5 Å². The van der Waals surface area contributed by atoms with E-state index in [4.69, 9.17) is 21.9 Å². The van der Waals surface area contributed by atoms with Gasteiger partial charge in [0.2, 0.25) is 0 Å². The number of aromatic nitrogens is 4. The average molecular weight is 519 g/mol. The number of aliphatic imine (C=N–C) groups is 1. The summed E-state index contributed by atoms with van der Waals surface area (Å²) in [6.07, 6.45) is 7.20. The normalized spacial score (nSPS) is 20.6. The van der Waals surface area contributed by atoms with Gasteiger partial charge in [-0.3, -0.25) is 15.2 Å². The first kappa shape index (κ1) is 24.2. The molecule has 3 aromatic heterocycles. The van der Waals surface area contributed by atoms with Gasteiger partial charge in [0.25, 0.3) is 5.91 Å². The number of hydrogen-bond acceptors (Lipinski definition) is 7. The highest BCUT2D eigenvalue weighted by Gasteiger charge is 2.45. The van der Waals surface area contributed by atoms with Gasteiger partial charge < -0.3 is 16.4 Å². The molecule has 5 N–H and O–H groups in total. The molecule has 0 radical (unpaired) electrons. The molecule has 2 unspecified atom stereocenters. The summed E-state index contributed by atoms with van der Waals surface area (Å²) < 4.78 is 1.50. The van der Waals surface area contributed by atoms with E-state index in [-0.39, 0.29) is 35.6 Å². The Morgan fingerprint density at radius 1 is 1.10 bits per heavy atom. The Labute approximate surface area is 224 Å². The summed E-state index contributed by atoms with van der Waals surface area (Å²) in [7, 11) is 0. The van der Waals surface area contributed by atoms with Crippen LogP contribution in [0.3, 0.4) is 0 Å². The summed E-state index contributed by atoms with van der Waals surface area (Å²) in [4.78, 5) is 27.9. The summed E-state index contributed by atoms with van der Waals surface area (Å²) in [6.45, 7) is 0. The number of hydrogen-bond donors (Lipinski definition) is 3. The number of benzene rings is 1. The lowest BCUT2D eigenvalue weighted by Crippen LogP contribution is -2.50. The summed E-state index contributed by atoms with van der Waals surface area (Å²) in [6, 6.07) is 16.0. The molecule has 39 heavy (non-hydrogen) atoms. The fraction of sp³-hybridized carbons (Fsp3) is 0.250. The predicted molar refractivity (Wildman–Crippen MR) is 147 cm³/mol. The van der Waals surface area contributed by atoms with Gasteiger partial charge in [-0.2, -0.15) is 14.9 Å². The smallest absolute Gasteiger partial charge is 0.289 e. The van der Waals surface area contributed by atoms with Crippen LogP contribution in [-0.2, 0) is 4.79 Å². The lowest BCUT2D eigenvalue weighted by molar-refractivity contribution is -0.128. The Kier molecular flexibility index (Phi) is 5.99. The van der Waals surface area contributed by atoms with Crippen molar-refractivity contribution < 1.29 is 4.79 Å². The van der Waals surface area contributed by atoms with E-state index in [2.05, 4.69) is 21.1 Å². The molecule has 0 spiro atoms. The third-order valence-corrected chi connectivity index (χ3v) is 7.74. The molecule has 2 bridgehead atoms. The minimum Gasteiger partial charge on any atom is -0.382 e. The van der Waals surface area contributed by atoms with E-state index in [0.717, 1.165) is 41.6 Å². The van der Waals surface area contributed by atoms with E-state index in [1.54, 1.807) is 17.3 Å². The quantitative estimate of drug-likeness (QED) is 0.275. The van der Waals surface area contributed by atoms with Gasteiger partial charge in [0.1, 0.15) is 23.8 Å². The van der Waals surface area contributed by atoms with E-state index < -0.39 is 0 Å². The Hall–Kier alpha value is -5.11. The fourth-order valence-corrected chi connectivity index (χ4v) is 5.97. The number of piperidine rings is 1. The van der Waals surface area contributed by atoms with Crippen molar-refractivity contribution in [1.29, 1.82) is 10.7 Å². The number of amidine groups is 1. The lowest BCUT2D eigenvalue weighted by Gasteiger charge is -2.38. The monoisotopic (exact) mass is 518 g/mol. The van der Waals surface area contributed by atoms with Crippen LogP contribution in [0.15, 0.2) is 59.9 Å². The second-order valence-corrected chi connectivity index (χ2v) is 9.87. The molecule has 5 heterocycles. The molecular formula is C28H26N10O. The maximum Gasteiger partial charge on any atom is 0.289 e. The van der Waals surface area contributed by atoms with Crippen molar-refractivity contribution in [3.05, 3.63) is 66.1 Å². The molecule has 4 aromatic rings. The number of rotatable bonds is 4. The second kappa shape index (κ2) is 9.64. The van der Waals surface area contributed by atoms with Crippen molar-refractivity contribution in [2.45, 2.75) is 43.7 Å². The van der Waals surface area contributed by atoms with E-state index in [1.807, 2.05) is 42.5 Å². The highest BCUT2D eigenvalue weighted by atomic mass is 16.2. The van der Waals surface area contributed by atoms with Crippen LogP contribution in [0, 0.1) is 16.7 Å². The third-order valence-electron chi connectivity index (χ3n) is 7.74. The molecule has 1 amide bonds. The van der Waals surface area contributed by atoms with Crippen molar-refractivity contribution in [2.24, 2.45) is 10.7 Å². The number of nitriles is 1. The maximum absolute atomic E-state index is 12.9. The van der Waals surface area contributed by atoms with Crippen molar-refractivity contribution >= 4 is 29.5 Å². The van der Waals surface area contributed by atoms with Crippen molar-refractivity contribution in [3.8, 4) is 28.5 Å². The average Bonchev–Trinajstić information content (AvgIpc) is 3.51. The first-order chi connectivity index (χ1) is 19.0. The molecule has 2 atom stereocenters. The van der Waals surface area contributed by atoms with Gasteiger partial charge in [0.15, 0.2) is 11.5 Å². The van der Waals surface area contributed by atoms with Crippen molar-refractivity contribution in [2.75, 3.05) is 5.73 Å². The van der Waals surface area contributed by atoms with Gasteiger partial charge in [-0.1, -0.05) is 36.4 Å². The number of anilines is 1. The number of fused-ring (bicyclic) bond motifs is 3. The summed E-state index contributed by atoms with van der Waals surface area (Å²) in [5.74, 6) is -0.350. The van der Waals surface area contributed by atoms with Gasteiger partial charge in [-0.05, 0) is 31.7 Å². The topological polar surface area (TPSA) is 175 Å². The Morgan fingerprint density at radius 2 is 1.85 bits per heavy atom. The molecule has 194 valence electrons. The van der Waals surface area contributed by atoms with Gasteiger partial charge in [0.05, 0.1) is 17.6 Å². The Bertz CT molecular complexity index is 1640. The minimum absolute atomic E-state index is 0.0503. The number of nitrogens with zero attached hydrogens (tertiary/aromatic N) is 7. The first-order valence-electron chi connectivity index (χ1n) is 12.7. The zero-order chi connectivity index (χ0) is 27.1. The van der Waals surface area contributed by atoms with Crippen LogP contribution in [0.2, 0.25) is 0 Å². The van der Waals surface area contributed by atoms with E-state index in [0.29, 0.717) is 29.7 Å². The van der Waals surface area contributed by atoms with Crippen LogP contribution < -0.4 is 11.5 Å². The molecule has 11 heteroatoms. The molecule has 2 saturated heterocycles. The molecule has 0 saturated carbocycles. The second-order valence-electron chi connectivity index (χ2n) is 9.87. The van der Waals surface area contributed by atoms with Crippen LogP contribution >= 0.6 is 0 Å². The first-order valence-corrected chi connectivity index (χ1v) is 12.7. The van der Waals surface area contributed by atoms with Crippen LogP contribution in [-0.4, -0.2) is 54.6 Å². The van der Waals surface area contributed by atoms with E-state index >= 15 is 0 Å². The SMILES string of the molecule is N#Cc1c(C2CC3CCC(C2)N3C(=O)C(N)=NC=N)nc2c(-c3ccc(-c4ccccc4)nc3)cnn2c1N. The lowest BCUT2D eigenvalue weighted by atomic mass is 9.86. The van der Waals surface area contributed by atoms with Crippen LogP contribution in [0.1, 0.15) is 42.9 Å². The molecule has 2 aliphatic rings. The largest absolute Gasteiger partial charge is 0.382 e. The highest BCUT2D eigenvalue weighted by Crippen LogP contribution is 2.44. The number of amides is 1. The molecule has 2 fully saturated rings. The highest BCUT2D eigenvalue weighted by molar-refractivity contribution is 6.38. The molecular weight excluding hydrogens is 492 g/mol. The molecule has 6 rings (SSSR count). The third kappa shape index (κ3) is 4.06. The van der Waals surface area contributed by atoms with Gasteiger partial charge in [-0.15, -0.1) is 0 Å². The Morgan fingerprint density at radius 3 is 2.49 bits per heavy atom. The van der Waals surface area contributed by atoms with E-state index in [1.165, 1.54) is 4.52 Å². The minimum atomic E-state index is -0.350. The summed E-state index contributed by atoms with van der Waals surface area (Å²) >= 11 is 0. The Balaban J connectivity index is 1.36. The van der Waals surface area contributed by atoms with Gasteiger partial charge >= 0.3 is 0 Å². The standard InChI is InChI=1S/C28H26N10O/c29-12-21-24(18-10-19-7-8-20(11-18)37(19)28(39)25(31)34-15-30)36-27-22(14-35-38(27)26(21)32)17-6-9-23(33-13-17)16-4-2-1-3-5-16/h1-6,9,13-15,18-20H,7-8,10-11,32H2,(H3,30,31,34). The van der Waals surface area contributed by atoms with Crippen LogP contribution in [0.4, 0.5) is 5.82 Å². The van der Waals surface area contributed by atoms with Gasteiger partial charge in [0, 0.05) is 40.9 Å². The van der Waals surface area contributed by atoms with Crippen molar-refractivity contribution in [3.63, 3.8) is 0 Å². The molecule has 2 aliphatic heterocycles. The fourth-order valence-electron chi connectivity index (χ4n) is 5.97. The molecule has 11 nitrogen and oxygen atoms in total. The van der Waals surface area contributed by atoms with Crippen LogP contribution in [0.5, 0.6) is 0 Å². The molecule has 1 aromatic carbocycles. The summed E-state index contributed by atoms with van der Waals surface area (Å²) in [5, 5.41) is 21.6. The molecule has 0 aliphatic carbocycles. The van der Waals surface area contributed by atoms with Gasteiger partial charge in [-0.25, -0.2) is 9.98 Å². The zero-order valence-corrected chi connectivity index (χ0v) is 21.0. The number of nitrogen functional groups attached to an aromatic ring is 1. The number of nitrogens with one attached hydrogen (secondary N) is 1. The predicted octanol–water partition coefficient (Wildman–Crippen LogP) is 3.11. The summed E-state index contributed by atoms with van der Waals surface area (Å²) in [5.41, 5.74) is 17.3. The van der Waals surface area contributed by atoms with Crippen LogP contribution in [0.25, 0.3) is 28.0 Å². The number of pyridine rings is 1.